The van der Waals surface area contributed by atoms with Crippen molar-refractivity contribution in [3.63, 3.8) is 0 Å². The van der Waals surface area contributed by atoms with E-state index < -0.39 is 0 Å². The maximum absolute atomic E-state index is 5.47. The first kappa shape index (κ1) is 8.80. The van der Waals surface area contributed by atoms with Crippen LogP contribution < -0.4 is 4.74 Å². The van der Waals surface area contributed by atoms with Crippen LogP contribution in [0, 0.1) is 0 Å². The van der Waals surface area contributed by atoms with E-state index in [1.54, 1.807) is 15.6 Å². The van der Waals surface area contributed by atoms with Crippen LogP contribution in [0.1, 0.15) is 5.69 Å². The van der Waals surface area contributed by atoms with Gasteiger partial charge in [0.05, 0.1) is 18.1 Å². The molecular weight excluding hydrogens is 180 g/mol. The summed E-state index contributed by atoms with van der Waals surface area (Å²) in [6.45, 7) is 0.479. The predicted octanol–water partition coefficient (Wildman–Crippen LogP) is 0.733. The number of aryl methyl sites for hydroxylation is 2. The van der Waals surface area contributed by atoms with Gasteiger partial charge in [-0.2, -0.15) is 10.2 Å². The monoisotopic (exact) mass is 192 g/mol. The first-order valence-electron chi connectivity index (χ1n) is 4.34. The second kappa shape index (κ2) is 3.53. The SMILES string of the molecule is Cn1cc(OCc2ccn(C)n2)cn1. The molecular formula is C9H12N4O. The van der Waals surface area contributed by atoms with Gasteiger partial charge in [0.2, 0.25) is 0 Å². The fraction of sp³-hybridized carbons (Fsp3) is 0.333. The molecule has 0 radical (unpaired) electrons. The molecule has 2 rings (SSSR count). The molecule has 0 saturated carbocycles. The van der Waals surface area contributed by atoms with Crippen molar-refractivity contribution in [2.24, 2.45) is 14.1 Å². The topological polar surface area (TPSA) is 44.9 Å². The molecule has 0 atom stereocenters. The summed E-state index contributed by atoms with van der Waals surface area (Å²) in [5.41, 5.74) is 0.913. The summed E-state index contributed by atoms with van der Waals surface area (Å²) in [5, 5.41) is 8.20. The quantitative estimate of drug-likeness (QED) is 0.720. The summed E-state index contributed by atoms with van der Waals surface area (Å²) in [6.07, 6.45) is 5.40. The van der Waals surface area contributed by atoms with E-state index >= 15 is 0 Å². The third kappa shape index (κ3) is 1.93. The molecule has 0 amide bonds. The summed E-state index contributed by atoms with van der Waals surface area (Å²) in [5.74, 6) is 0.762. The average Bonchev–Trinajstić information content (AvgIpc) is 2.72. The lowest BCUT2D eigenvalue weighted by atomic mass is 10.5. The van der Waals surface area contributed by atoms with E-state index in [9.17, 15) is 0 Å². The van der Waals surface area contributed by atoms with Gasteiger partial charge in [-0.3, -0.25) is 9.36 Å². The Morgan fingerprint density at radius 2 is 2.21 bits per heavy atom. The highest BCUT2D eigenvalue weighted by atomic mass is 16.5. The lowest BCUT2D eigenvalue weighted by molar-refractivity contribution is 0.300. The van der Waals surface area contributed by atoms with Crippen LogP contribution >= 0.6 is 0 Å². The first-order chi connectivity index (χ1) is 6.74. The number of nitrogens with zero attached hydrogens (tertiary/aromatic N) is 4. The Hall–Kier alpha value is -1.78. The van der Waals surface area contributed by atoms with Gasteiger partial charge in [0.1, 0.15) is 6.61 Å². The third-order valence-corrected chi connectivity index (χ3v) is 1.84. The Balaban J connectivity index is 1.94. The van der Waals surface area contributed by atoms with E-state index in [1.807, 2.05) is 32.6 Å². The molecule has 0 unspecified atom stereocenters. The van der Waals surface area contributed by atoms with Gasteiger partial charge in [0, 0.05) is 20.3 Å². The fourth-order valence-electron chi connectivity index (χ4n) is 1.17. The molecule has 0 spiro atoms. The van der Waals surface area contributed by atoms with Crippen molar-refractivity contribution >= 4 is 0 Å². The molecule has 5 heteroatoms. The van der Waals surface area contributed by atoms with Crippen LogP contribution in [0.3, 0.4) is 0 Å². The Bertz CT molecular complexity index is 378. The van der Waals surface area contributed by atoms with Crippen LogP contribution in [-0.2, 0) is 20.7 Å². The van der Waals surface area contributed by atoms with E-state index in [-0.39, 0.29) is 0 Å². The second-order valence-corrected chi connectivity index (χ2v) is 3.12. The van der Waals surface area contributed by atoms with Gasteiger partial charge in [0.25, 0.3) is 0 Å². The van der Waals surface area contributed by atoms with Crippen LogP contribution in [0.5, 0.6) is 5.75 Å². The summed E-state index contributed by atoms with van der Waals surface area (Å²) in [4.78, 5) is 0. The Morgan fingerprint density at radius 1 is 1.36 bits per heavy atom. The van der Waals surface area contributed by atoms with Gasteiger partial charge < -0.3 is 4.74 Å². The predicted molar refractivity (Wildman–Crippen MR) is 50.7 cm³/mol. The van der Waals surface area contributed by atoms with Crippen molar-refractivity contribution in [1.29, 1.82) is 0 Å². The minimum absolute atomic E-state index is 0.479. The van der Waals surface area contributed by atoms with Crippen molar-refractivity contribution in [2.45, 2.75) is 6.61 Å². The van der Waals surface area contributed by atoms with E-state index in [2.05, 4.69) is 10.2 Å². The highest BCUT2D eigenvalue weighted by Gasteiger charge is 1.99. The molecule has 74 valence electrons. The molecule has 0 bridgehead atoms. The van der Waals surface area contributed by atoms with Crippen molar-refractivity contribution < 1.29 is 4.74 Å². The maximum atomic E-state index is 5.47. The number of hydrogen-bond donors (Lipinski definition) is 0. The normalized spacial score (nSPS) is 10.4. The number of aromatic nitrogens is 4. The summed E-state index contributed by atoms with van der Waals surface area (Å²) < 4.78 is 8.92. The molecule has 0 fully saturated rings. The molecule has 2 aromatic rings. The molecule has 0 saturated heterocycles. The molecule has 2 aromatic heterocycles. The number of rotatable bonds is 3. The average molecular weight is 192 g/mol. The van der Waals surface area contributed by atoms with Crippen molar-refractivity contribution in [3.8, 4) is 5.75 Å². The summed E-state index contributed by atoms with van der Waals surface area (Å²) >= 11 is 0. The standard InChI is InChI=1S/C9H12N4O/c1-12-4-3-8(11-12)7-14-9-5-10-13(2)6-9/h3-6H,7H2,1-2H3. The van der Waals surface area contributed by atoms with Gasteiger partial charge in [0.15, 0.2) is 5.75 Å². The number of ether oxygens (including phenoxy) is 1. The lowest BCUT2D eigenvalue weighted by Crippen LogP contribution is -1.97. The van der Waals surface area contributed by atoms with Gasteiger partial charge in [-0.05, 0) is 6.07 Å². The van der Waals surface area contributed by atoms with Crippen LogP contribution in [0.2, 0.25) is 0 Å². The third-order valence-electron chi connectivity index (χ3n) is 1.84. The zero-order valence-corrected chi connectivity index (χ0v) is 8.21. The lowest BCUT2D eigenvalue weighted by Gasteiger charge is -1.98. The maximum Gasteiger partial charge on any atom is 0.157 e. The molecule has 14 heavy (non-hydrogen) atoms. The Labute approximate surface area is 81.9 Å². The van der Waals surface area contributed by atoms with Gasteiger partial charge in [-0.15, -0.1) is 0 Å². The van der Waals surface area contributed by atoms with Gasteiger partial charge >= 0.3 is 0 Å². The first-order valence-corrected chi connectivity index (χ1v) is 4.34. The Kier molecular flexibility index (Phi) is 2.22. The van der Waals surface area contributed by atoms with Crippen LogP contribution in [0.25, 0.3) is 0 Å². The van der Waals surface area contributed by atoms with Gasteiger partial charge in [-0.1, -0.05) is 0 Å². The molecule has 5 nitrogen and oxygen atoms in total. The summed E-state index contributed by atoms with van der Waals surface area (Å²) in [7, 11) is 3.74. The minimum atomic E-state index is 0.479. The van der Waals surface area contributed by atoms with E-state index in [4.69, 9.17) is 4.74 Å². The molecule has 0 aromatic carbocycles. The molecule has 0 aliphatic rings. The fourth-order valence-corrected chi connectivity index (χ4v) is 1.17. The minimum Gasteiger partial charge on any atom is -0.484 e. The highest BCUT2D eigenvalue weighted by Crippen LogP contribution is 2.09. The van der Waals surface area contributed by atoms with Crippen molar-refractivity contribution in [3.05, 3.63) is 30.4 Å². The van der Waals surface area contributed by atoms with Gasteiger partial charge in [-0.25, -0.2) is 0 Å². The van der Waals surface area contributed by atoms with Crippen LogP contribution in [-0.4, -0.2) is 19.6 Å². The summed E-state index contributed by atoms with van der Waals surface area (Å²) in [6, 6.07) is 1.93. The highest BCUT2D eigenvalue weighted by molar-refractivity contribution is 5.12. The zero-order valence-electron chi connectivity index (χ0n) is 8.21. The van der Waals surface area contributed by atoms with E-state index in [1.165, 1.54) is 0 Å². The largest absolute Gasteiger partial charge is 0.484 e. The van der Waals surface area contributed by atoms with Crippen LogP contribution in [0.4, 0.5) is 0 Å². The molecule has 0 N–H and O–H groups in total. The van der Waals surface area contributed by atoms with Crippen molar-refractivity contribution in [1.82, 2.24) is 19.6 Å². The van der Waals surface area contributed by atoms with Crippen LogP contribution in [0.15, 0.2) is 24.7 Å². The zero-order chi connectivity index (χ0) is 9.97. The Morgan fingerprint density at radius 3 is 2.79 bits per heavy atom. The molecule has 0 aliphatic carbocycles. The smallest absolute Gasteiger partial charge is 0.157 e. The second-order valence-electron chi connectivity index (χ2n) is 3.12. The molecule has 2 heterocycles. The number of hydrogen-bond acceptors (Lipinski definition) is 3. The van der Waals surface area contributed by atoms with E-state index in [0.717, 1.165) is 11.4 Å². The van der Waals surface area contributed by atoms with E-state index in [0.29, 0.717) is 6.61 Å². The van der Waals surface area contributed by atoms with Crippen molar-refractivity contribution in [2.75, 3.05) is 0 Å². The molecule has 0 aliphatic heterocycles.